The van der Waals surface area contributed by atoms with Crippen LogP contribution in [0.15, 0.2) is 24.3 Å². The lowest BCUT2D eigenvalue weighted by Crippen LogP contribution is -2.22. The average molecular weight is 210 g/mol. The molecule has 0 bridgehead atoms. The van der Waals surface area contributed by atoms with Crippen molar-refractivity contribution in [2.45, 2.75) is 47.1 Å². The molecule has 0 spiro atoms. The van der Waals surface area contributed by atoms with E-state index in [1.807, 2.05) is 32.9 Å². The Morgan fingerprint density at radius 1 is 1.00 bits per heavy atom. The lowest BCUT2D eigenvalue weighted by atomic mass is 9.96. The molecule has 0 aliphatic carbocycles. The number of rotatable bonds is 2. The van der Waals surface area contributed by atoms with E-state index in [9.17, 15) is 4.79 Å². The molecule has 0 rings (SSSR count). The van der Waals surface area contributed by atoms with Gasteiger partial charge in [-0.2, -0.15) is 0 Å². The molecule has 0 aromatic carbocycles. The van der Waals surface area contributed by atoms with Crippen molar-refractivity contribution < 1.29 is 9.53 Å². The maximum absolute atomic E-state index is 11.2. The third-order valence-electron chi connectivity index (χ3n) is 1.35. The fraction of sp³-hybridized carbons (Fsp3) is 0.615. The maximum atomic E-state index is 11.2. The number of ether oxygens (including phenoxy) is 1. The minimum atomic E-state index is -0.421. The SMILES string of the molecule is CC(C)(C)/C=C/C=C/C(=O)OC(C)(C)C. The minimum absolute atomic E-state index is 0.137. The van der Waals surface area contributed by atoms with E-state index < -0.39 is 5.60 Å². The van der Waals surface area contributed by atoms with Crippen molar-refractivity contribution in [1.29, 1.82) is 0 Å². The van der Waals surface area contributed by atoms with Crippen molar-refractivity contribution in [2.24, 2.45) is 5.41 Å². The van der Waals surface area contributed by atoms with Crippen molar-refractivity contribution in [2.75, 3.05) is 0 Å². The third kappa shape index (κ3) is 10.9. The molecule has 2 heteroatoms. The number of esters is 1. The van der Waals surface area contributed by atoms with Crippen molar-refractivity contribution in [3.63, 3.8) is 0 Å². The highest BCUT2D eigenvalue weighted by molar-refractivity contribution is 5.82. The molecule has 0 aliphatic heterocycles. The highest BCUT2D eigenvalue weighted by Crippen LogP contribution is 2.14. The Bertz CT molecular complexity index is 259. The Hall–Kier alpha value is -1.05. The normalized spacial score (nSPS) is 13.7. The van der Waals surface area contributed by atoms with Gasteiger partial charge < -0.3 is 4.74 Å². The largest absolute Gasteiger partial charge is 0.457 e. The predicted octanol–water partition coefficient (Wildman–Crippen LogP) is 3.49. The van der Waals surface area contributed by atoms with Gasteiger partial charge in [0.25, 0.3) is 0 Å². The topological polar surface area (TPSA) is 26.3 Å². The molecule has 0 aromatic heterocycles. The van der Waals surface area contributed by atoms with Gasteiger partial charge in [0.15, 0.2) is 0 Å². The fourth-order valence-corrected chi connectivity index (χ4v) is 0.814. The van der Waals surface area contributed by atoms with Gasteiger partial charge >= 0.3 is 5.97 Å². The van der Waals surface area contributed by atoms with Crippen LogP contribution in [0.1, 0.15) is 41.5 Å². The minimum Gasteiger partial charge on any atom is -0.457 e. The van der Waals surface area contributed by atoms with Crippen LogP contribution in [-0.4, -0.2) is 11.6 Å². The Balaban J connectivity index is 4.09. The second kappa shape index (κ2) is 5.15. The van der Waals surface area contributed by atoms with Crippen LogP contribution in [0.5, 0.6) is 0 Å². The molecule has 0 saturated carbocycles. The summed E-state index contributed by atoms with van der Waals surface area (Å²) in [5.74, 6) is -0.305. The molecule has 0 atom stereocenters. The summed E-state index contributed by atoms with van der Waals surface area (Å²) in [4.78, 5) is 11.2. The highest BCUT2D eigenvalue weighted by atomic mass is 16.6. The van der Waals surface area contributed by atoms with Crippen molar-refractivity contribution in [3.05, 3.63) is 24.3 Å². The smallest absolute Gasteiger partial charge is 0.331 e. The van der Waals surface area contributed by atoms with Crippen LogP contribution in [0.4, 0.5) is 0 Å². The molecular formula is C13H22O2. The van der Waals surface area contributed by atoms with Crippen LogP contribution in [0.3, 0.4) is 0 Å². The molecule has 0 unspecified atom stereocenters. The first-order valence-electron chi connectivity index (χ1n) is 5.19. The van der Waals surface area contributed by atoms with Crippen LogP contribution >= 0.6 is 0 Å². The number of carbonyl (C=O) groups excluding carboxylic acids is 1. The van der Waals surface area contributed by atoms with E-state index in [1.165, 1.54) is 6.08 Å². The monoisotopic (exact) mass is 210 g/mol. The van der Waals surface area contributed by atoms with E-state index in [0.717, 1.165) is 0 Å². The van der Waals surface area contributed by atoms with Crippen molar-refractivity contribution in [3.8, 4) is 0 Å². The summed E-state index contributed by atoms with van der Waals surface area (Å²) in [5, 5.41) is 0. The van der Waals surface area contributed by atoms with E-state index in [4.69, 9.17) is 4.74 Å². The van der Waals surface area contributed by atoms with Gasteiger partial charge in [0.2, 0.25) is 0 Å². The molecule has 0 amide bonds. The quantitative estimate of drug-likeness (QED) is 0.396. The van der Waals surface area contributed by atoms with Crippen molar-refractivity contribution in [1.82, 2.24) is 0 Å². The standard InChI is InChI=1S/C13H22O2/c1-12(2,3)10-8-7-9-11(14)15-13(4,5)6/h7-10H,1-6H3/b9-7+,10-8+. The maximum Gasteiger partial charge on any atom is 0.331 e. The van der Waals surface area contributed by atoms with Crippen LogP contribution in [0.25, 0.3) is 0 Å². The van der Waals surface area contributed by atoms with Gasteiger partial charge in [-0.3, -0.25) is 0 Å². The van der Waals surface area contributed by atoms with Crippen LogP contribution < -0.4 is 0 Å². The van der Waals surface area contributed by atoms with Crippen molar-refractivity contribution >= 4 is 5.97 Å². The Kier molecular flexibility index (Phi) is 4.79. The number of carbonyl (C=O) groups is 1. The third-order valence-corrected chi connectivity index (χ3v) is 1.35. The molecule has 0 heterocycles. The molecule has 86 valence electrons. The highest BCUT2D eigenvalue weighted by Gasteiger charge is 2.13. The average Bonchev–Trinajstić information content (AvgIpc) is 1.92. The van der Waals surface area contributed by atoms with E-state index in [-0.39, 0.29) is 11.4 Å². The number of hydrogen-bond acceptors (Lipinski definition) is 2. The summed E-state index contributed by atoms with van der Waals surface area (Å²) in [7, 11) is 0. The lowest BCUT2D eigenvalue weighted by molar-refractivity contribution is -0.148. The molecule has 2 nitrogen and oxygen atoms in total. The predicted molar refractivity (Wildman–Crippen MR) is 63.6 cm³/mol. The Morgan fingerprint density at radius 2 is 1.53 bits per heavy atom. The van der Waals surface area contributed by atoms with Gasteiger partial charge in [-0.05, 0) is 26.2 Å². The summed E-state index contributed by atoms with van der Waals surface area (Å²) in [6.45, 7) is 11.9. The van der Waals surface area contributed by atoms with Gasteiger partial charge in [-0.1, -0.05) is 39.0 Å². The van der Waals surface area contributed by atoms with Gasteiger partial charge in [-0.15, -0.1) is 0 Å². The molecule has 0 fully saturated rings. The zero-order valence-electron chi connectivity index (χ0n) is 10.6. The number of hydrogen-bond donors (Lipinski definition) is 0. The van der Waals surface area contributed by atoms with Gasteiger partial charge in [-0.25, -0.2) is 4.79 Å². The summed E-state index contributed by atoms with van der Waals surface area (Å²) in [6, 6.07) is 0. The second-order valence-electron chi connectivity index (χ2n) is 5.62. The first-order chi connectivity index (χ1) is 6.60. The molecule has 0 aliphatic rings. The Labute approximate surface area is 93.0 Å². The summed E-state index contributed by atoms with van der Waals surface area (Å²) in [6.07, 6.45) is 7.05. The van der Waals surface area contributed by atoms with Gasteiger partial charge in [0, 0.05) is 6.08 Å². The summed E-state index contributed by atoms with van der Waals surface area (Å²) in [5.41, 5.74) is -0.284. The van der Waals surface area contributed by atoms with E-state index in [2.05, 4.69) is 20.8 Å². The summed E-state index contributed by atoms with van der Waals surface area (Å²) < 4.78 is 5.11. The Morgan fingerprint density at radius 3 is 1.93 bits per heavy atom. The van der Waals surface area contributed by atoms with Crippen LogP contribution in [-0.2, 0) is 9.53 Å². The molecule has 0 aromatic rings. The van der Waals surface area contributed by atoms with Gasteiger partial charge in [0.05, 0.1) is 0 Å². The van der Waals surface area contributed by atoms with E-state index in [1.54, 1.807) is 6.08 Å². The van der Waals surface area contributed by atoms with E-state index in [0.29, 0.717) is 0 Å². The van der Waals surface area contributed by atoms with Crippen LogP contribution in [0, 0.1) is 5.41 Å². The first kappa shape index (κ1) is 13.9. The first-order valence-corrected chi connectivity index (χ1v) is 5.19. The fourth-order valence-electron chi connectivity index (χ4n) is 0.814. The molecule has 15 heavy (non-hydrogen) atoms. The zero-order chi connectivity index (χ0) is 12.1. The second-order valence-corrected chi connectivity index (χ2v) is 5.62. The van der Waals surface area contributed by atoms with Crippen LogP contribution in [0.2, 0.25) is 0 Å². The zero-order valence-corrected chi connectivity index (χ0v) is 10.6. The summed E-state index contributed by atoms with van der Waals surface area (Å²) >= 11 is 0. The van der Waals surface area contributed by atoms with Gasteiger partial charge in [0.1, 0.15) is 5.60 Å². The number of allylic oxidation sites excluding steroid dienone is 3. The molecule has 0 saturated heterocycles. The lowest BCUT2D eigenvalue weighted by Gasteiger charge is -2.17. The van der Waals surface area contributed by atoms with E-state index >= 15 is 0 Å². The molecule has 0 N–H and O–H groups in total. The molecular weight excluding hydrogens is 188 g/mol. The molecule has 0 radical (unpaired) electrons.